The number of thioether (sulfide) groups is 1. The van der Waals surface area contributed by atoms with Gasteiger partial charge in [0.05, 0.1) is 11.6 Å². The lowest BCUT2D eigenvalue weighted by Crippen LogP contribution is -2.47. The number of nitrogens with one attached hydrogen (secondary N) is 1. The zero-order valence-corrected chi connectivity index (χ0v) is 15.6. The Morgan fingerprint density at radius 1 is 1.23 bits per heavy atom. The first-order chi connectivity index (χ1) is 12.8. The summed E-state index contributed by atoms with van der Waals surface area (Å²) in [5, 5.41) is 14.3. The molecule has 4 rings (SSSR count). The highest BCUT2D eigenvalue weighted by Gasteiger charge is 2.30. The Hall–Kier alpha value is -1.93. The number of hydrogen-bond donors (Lipinski definition) is 1. The van der Waals surface area contributed by atoms with Gasteiger partial charge in [-0.25, -0.2) is 4.68 Å². The van der Waals surface area contributed by atoms with Crippen molar-refractivity contribution in [3.8, 4) is 5.69 Å². The number of nitrogens with zero attached hydrogens (tertiary/aromatic N) is 5. The lowest BCUT2D eigenvalue weighted by Gasteiger charge is -2.39. The van der Waals surface area contributed by atoms with Crippen LogP contribution in [0.2, 0.25) is 0 Å². The third-order valence-electron chi connectivity index (χ3n) is 5.26. The molecule has 0 saturated carbocycles. The molecule has 1 amide bonds. The minimum Gasteiger partial charge on any atom is -0.326 e. The van der Waals surface area contributed by atoms with Crippen molar-refractivity contribution >= 4 is 23.4 Å². The summed E-state index contributed by atoms with van der Waals surface area (Å²) in [5.41, 5.74) is 1.62. The van der Waals surface area contributed by atoms with Gasteiger partial charge in [0.2, 0.25) is 5.91 Å². The van der Waals surface area contributed by atoms with Gasteiger partial charge in [0.25, 0.3) is 0 Å². The summed E-state index contributed by atoms with van der Waals surface area (Å²) >= 11 is 2.05. The van der Waals surface area contributed by atoms with Crippen LogP contribution >= 0.6 is 11.8 Å². The van der Waals surface area contributed by atoms with E-state index in [1.807, 2.05) is 36.0 Å². The highest BCUT2D eigenvalue weighted by Crippen LogP contribution is 2.27. The molecule has 2 saturated heterocycles. The number of aromatic nitrogens is 4. The van der Waals surface area contributed by atoms with Crippen LogP contribution in [-0.2, 0) is 4.79 Å². The number of amides is 1. The average Bonchev–Trinajstić information content (AvgIpc) is 3.24. The van der Waals surface area contributed by atoms with Crippen LogP contribution in [0, 0.1) is 5.92 Å². The second-order valence-corrected chi connectivity index (χ2v) is 8.20. The molecule has 1 atom stereocenters. The van der Waals surface area contributed by atoms with Crippen LogP contribution in [0.15, 0.2) is 30.6 Å². The molecule has 26 heavy (non-hydrogen) atoms. The van der Waals surface area contributed by atoms with E-state index in [9.17, 15) is 4.79 Å². The lowest BCUT2D eigenvalue weighted by atomic mass is 9.94. The minimum absolute atomic E-state index is 0.0648. The molecule has 0 bridgehead atoms. The Bertz CT molecular complexity index is 731. The van der Waals surface area contributed by atoms with E-state index in [2.05, 4.69) is 25.7 Å². The Labute approximate surface area is 157 Å². The molecule has 2 fully saturated rings. The van der Waals surface area contributed by atoms with Crippen molar-refractivity contribution in [3.63, 3.8) is 0 Å². The first-order valence-electron chi connectivity index (χ1n) is 9.26. The van der Waals surface area contributed by atoms with Crippen molar-refractivity contribution in [3.05, 3.63) is 30.6 Å². The zero-order chi connectivity index (χ0) is 17.8. The summed E-state index contributed by atoms with van der Waals surface area (Å²) in [6.45, 7) is 2.02. The second kappa shape index (κ2) is 8.18. The van der Waals surface area contributed by atoms with E-state index in [1.54, 1.807) is 11.0 Å². The monoisotopic (exact) mass is 372 g/mol. The molecular weight excluding hydrogens is 348 g/mol. The summed E-state index contributed by atoms with van der Waals surface area (Å²) in [6.07, 6.45) is 6.13. The van der Waals surface area contributed by atoms with Gasteiger partial charge in [0.15, 0.2) is 0 Å². The third kappa shape index (κ3) is 4.07. The molecule has 1 aromatic heterocycles. The van der Waals surface area contributed by atoms with E-state index in [0.29, 0.717) is 6.04 Å². The lowest BCUT2D eigenvalue weighted by molar-refractivity contribution is -0.121. The fourth-order valence-corrected chi connectivity index (χ4v) is 4.93. The van der Waals surface area contributed by atoms with E-state index >= 15 is 0 Å². The zero-order valence-electron chi connectivity index (χ0n) is 14.8. The predicted octanol–water partition coefficient (Wildman–Crippen LogP) is 2.21. The van der Waals surface area contributed by atoms with Crippen molar-refractivity contribution in [2.24, 2.45) is 5.92 Å². The van der Waals surface area contributed by atoms with Gasteiger partial charge in [-0.3, -0.25) is 9.69 Å². The van der Waals surface area contributed by atoms with Gasteiger partial charge in [-0.1, -0.05) is 6.07 Å². The first-order valence-corrected chi connectivity index (χ1v) is 10.4. The molecule has 0 radical (unpaired) electrons. The predicted molar refractivity (Wildman–Crippen MR) is 102 cm³/mol. The summed E-state index contributed by atoms with van der Waals surface area (Å²) < 4.78 is 1.58. The number of benzene rings is 1. The number of carbonyl (C=O) groups excluding carboxylic acids is 1. The molecule has 0 aliphatic carbocycles. The molecule has 138 valence electrons. The van der Waals surface area contributed by atoms with Crippen molar-refractivity contribution < 1.29 is 4.79 Å². The highest BCUT2D eigenvalue weighted by atomic mass is 32.2. The number of carbonyl (C=O) groups is 1. The molecule has 2 aromatic rings. The molecule has 8 heteroatoms. The Morgan fingerprint density at radius 2 is 2.12 bits per heavy atom. The number of hydrogen-bond acceptors (Lipinski definition) is 6. The van der Waals surface area contributed by atoms with Gasteiger partial charge in [0, 0.05) is 18.3 Å². The fourth-order valence-electron chi connectivity index (χ4n) is 3.85. The van der Waals surface area contributed by atoms with Gasteiger partial charge in [-0.2, -0.15) is 11.8 Å². The fraction of sp³-hybridized carbons (Fsp3) is 0.556. The molecule has 1 aromatic carbocycles. The van der Waals surface area contributed by atoms with Crippen LogP contribution in [0.5, 0.6) is 0 Å². The maximum Gasteiger partial charge on any atom is 0.228 e. The van der Waals surface area contributed by atoms with Crippen LogP contribution in [-0.4, -0.2) is 61.7 Å². The van der Waals surface area contributed by atoms with Crippen molar-refractivity contribution in [2.45, 2.75) is 31.7 Å². The van der Waals surface area contributed by atoms with E-state index in [4.69, 9.17) is 0 Å². The molecule has 0 spiro atoms. The van der Waals surface area contributed by atoms with E-state index < -0.39 is 0 Å². The Kier molecular flexibility index (Phi) is 5.50. The van der Waals surface area contributed by atoms with Crippen LogP contribution in [0.4, 0.5) is 5.69 Å². The van der Waals surface area contributed by atoms with Gasteiger partial charge >= 0.3 is 0 Å². The summed E-state index contributed by atoms with van der Waals surface area (Å²) in [7, 11) is 0. The summed E-state index contributed by atoms with van der Waals surface area (Å²) in [5.74, 6) is 2.69. The maximum atomic E-state index is 12.8. The van der Waals surface area contributed by atoms with E-state index in [0.717, 1.165) is 37.3 Å². The van der Waals surface area contributed by atoms with E-state index in [1.165, 1.54) is 24.3 Å². The number of tetrazole rings is 1. The van der Waals surface area contributed by atoms with Crippen molar-refractivity contribution in [1.82, 2.24) is 25.1 Å². The van der Waals surface area contributed by atoms with Gasteiger partial charge in [-0.15, -0.1) is 5.10 Å². The molecular formula is C18H24N6OS. The van der Waals surface area contributed by atoms with Crippen LogP contribution < -0.4 is 5.32 Å². The van der Waals surface area contributed by atoms with Gasteiger partial charge in [-0.05, 0) is 72.4 Å². The summed E-state index contributed by atoms with van der Waals surface area (Å²) in [6, 6.07) is 8.28. The molecule has 2 aliphatic rings. The number of piperidine rings is 1. The Morgan fingerprint density at radius 3 is 2.92 bits per heavy atom. The third-order valence-corrected chi connectivity index (χ3v) is 6.31. The smallest absolute Gasteiger partial charge is 0.228 e. The molecule has 3 heterocycles. The van der Waals surface area contributed by atoms with Gasteiger partial charge in [0.1, 0.15) is 6.33 Å². The maximum absolute atomic E-state index is 12.8. The van der Waals surface area contributed by atoms with Crippen molar-refractivity contribution in [2.75, 3.05) is 29.9 Å². The molecule has 1 N–H and O–H groups in total. The average molecular weight is 372 g/mol. The van der Waals surface area contributed by atoms with Crippen LogP contribution in [0.1, 0.15) is 25.7 Å². The van der Waals surface area contributed by atoms with Crippen LogP contribution in [0.25, 0.3) is 5.69 Å². The minimum atomic E-state index is 0.0648. The number of rotatable bonds is 4. The van der Waals surface area contributed by atoms with E-state index in [-0.39, 0.29) is 11.8 Å². The Balaban J connectivity index is 1.39. The quantitative estimate of drug-likeness (QED) is 0.887. The SMILES string of the molecule is O=C(Nc1cccc(-n2cnnn2)c1)C1CCCN(C2CCSCC2)C1. The van der Waals surface area contributed by atoms with Crippen molar-refractivity contribution in [1.29, 1.82) is 0 Å². The largest absolute Gasteiger partial charge is 0.326 e. The number of anilines is 1. The van der Waals surface area contributed by atoms with Gasteiger partial charge < -0.3 is 5.32 Å². The number of likely N-dealkylation sites (tertiary alicyclic amines) is 1. The summed E-state index contributed by atoms with van der Waals surface area (Å²) in [4.78, 5) is 15.4. The molecule has 1 unspecified atom stereocenters. The highest BCUT2D eigenvalue weighted by molar-refractivity contribution is 7.99. The first kappa shape index (κ1) is 17.5. The second-order valence-electron chi connectivity index (χ2n) is 6.97. The normalized spacial score (nSPS) is 22.2. The standard InChI is InChI=1S/C18H24N6OS/c25-18(14-3-2-8-23(12-14)16-6-9-26-10-7-16)20-15-4-1-5-17(11-15)24-13-19-21-22-24/h1,4-5,11,13-14,16H,2-3,6-10,12H2,(H,20,25). The topological polar surface area (TPSA) is 75.9 Å². The molecule has 7 nitrogen and oxygen atoms in total. The molecule has 2 aliphatic heterocycles. The van der Waals surface area contributed by atoms with Crippen LogP contribution in [0.3, 0.4) is 0 Å².